The van der Waals surface area contributed by atoms with Gasteiger partial charge in [0.05, 0.1) is 11.3 Å². The number of amidine groups is 1. The smallest absolute Gasteiger partial charge is 0.338 e. The molecule has 178 valence electrons. The summed E-state index contributed by atoms with van der Waals surface area (Å²) in [4.78, 5) is 38.4. The number of nitrogens with zero attached hydrogens (tertiary/aromatic N) is 2. The van der Waals surface area contributed by atoms with Crippen molar-refractivity contribution in [1.82, 2.24) is 0 Å². The van der Waals surface area contributed by atoms with Crippen LogP contribution in [0.4, 0.5) is 11.4 Å². The zero-order valence-corrected chi connectivity index (χ0v) is 19.7. The lowest BCUT2D eigenvalue weighted by molar-refractivity contribution is -0.114. The number of anilines is 2. The lowest BCUT2D eigenvalue weighted by Gasteiger charge is -2.29. The number of esters is 1. The number of hydrogen-bond donors (Lipinski definition) is 1. The van der Waals surface area contributed by atoms with Crippen molar-refractivity contribution >= 4 is 44.9 Å². The van der Waals surface area contributed by atoms with E-state index in [9.17, 15) is 22.8 Å². The van der Waals surface area contributed by atoms with E-state index in [1.165, 1.54) is 38.1 Å². The van der Waals surface area contributed by atoms with Gasteiger partial charge in [-0.1, -0.05) is 6.42 Å². The summed E-state index contributed by atoms with van der Waals surface area (Å²) in [7, 11) is -3.94. The molecular weight excluding hydrogens is 458 g/mol. The van der Waals surface area contributed by atoms with Crippen LogP contribution in [0.2, 0.25) is 0 Å². The van der Waals surface area contributed by atoms with Crippen molar-refractivity contribution in [1.29, 1.82) is 0 Å². The Morgan fingerprint density at radius 1 is 1.03 bits per heavy atom. The van der Waals surface area contributed by atoms with E-state index >= 15 is 0 Å². The summed E-state index contributed by atoms with van der Waals surface area (Å²) in [6, 6.07) is 10.6. The number of amides is 1. The molecule has 1 N–H and O–H groups in total. The molecule has 34 heavy (non-hydrogen) atoms. The van der Waals surface area contributed by atoms with E-state index in [1.54, 1.807) is 18.2 Å². The Morgan fingerprint density at radius 2 is 1.74 bits per heavy atom. The number of sulfonamides is 1. The lowest BCUT2D eigenvalue weighted by Crippen LogP contribution is -2.35. The Morgan fingerprint density at radius 3 is 2.44 bits per heavy atom. The van der Waals surface area contributed by atoms with Crippen molar-refractivity contribution in [3.8, 4) is 0 Å². The van der Waals surface area contributed by atoms with Gasteiger partial charge in [-0.3, -0.25) is 9.59 Å². The van der Waals surface area contributed by atoms with Crippen LogP contribution in [-0.2, 0) is 19.6 Å². The third-order valence-electron chi connectivity index (χ3n) is 5.73. The number of rotatable bonds is 5. The molecule has 2 aromatic carbocycles. The van der Waals surface area contributed by atoms with E-state index in [-0.39, 0.29) is 16.4 Å². The maximum absolute atomic E-state index is 12.8. The summed E-state index contributed by atoms with van der Waals surface area (Å²) in [6.07, 6.45) is 2.30. The van der Waals surface area contributed by atoms with Crippen molar-refractivity contribution in [3.63, 3.8) is 0 Å². The minimum atomic E-state index is -3.94. The molecule has 4 rings (SSSR count). The number of nitrogens with one attached hydrogen (secondary N) is 1. The first-order valence-electron chi connectivity index (χ1n) is 11.0. The Hall–Kier alpha value is -3.53. The monoisotopic (exact) mass is 483 g/mol. The number of ether oxygens (including phenoxy) is 1. The third-order valence-corrected chi connectivity index (χ3v) is 7.06. The highest BCUT2D eigenvalue weighted by Gasteiger charge is 2.32. The summed E-state index contributed by atoms with van der Waals surface area (Å²) < 4.78 is 34.9. The predicted octanol–water partition coefficient (Wildman–Crippen LogP) is 3.55. The van der Waals surface area contributed by atoms with Crippen LogP contribution < -0.4 is 10.2 Å². The molecule has 0 spiro atoms. The van der Waals surface area contributed by atoms with Gasteiger partial charge < -0.3 is 15.0 Å². The van der Waals surface area contributed by atoms with Gasteiger partial charge >= 0.3 is 5.97 Å². The summed E-state index contributed by atoms with van der Waals surface area (Å²) in [5.41, 5.74) is 1.38. The third kappa shape index (κ3) is 4.86. The molecule has 2 aliphatic rings. The molecule has 0 saturated carbocycles. The molecule has 1 amide bonds. The van der Waals surface area contributed by atoms with Gasteiger partial charge in [-0.05, 0) is 62.2 Å². The Kier molecular flexibility index (Phi) is 6.52. The highest BCUT2D eigenvalue weighted by atomic mass is 32.2. The van der Waals surface area contributed by atoms with Gasteiger partial charge in [0, 0.05) is 31.1 Å². The zero-order valence-electron chi connectivity index (χ0n) is 18.9. The van der Waals surface area contributed by atoms with Gasteiger partial charge in [-0.15, -0.1) is 4.40 Å². The number of hydrogen-bond acceptors (Lipinski definition) is 7. The largest absolute Gasteiger partial charge is 0.451 e. The van der Waals surface area contributed by atoms with Crippen LogP contribution in [0.5, 0.6) is 0 Å². The summed E-state index contributed by atoms with van der Waals surface area (Å²) >= 11 is 0. The molecule has 9 nitrogen and oxygen atoms in total. The van der Waals surface area contributed by atoms with Gasteiger partial charge in [0.15, 0.2) is 6.10 Å². The van der Waals surface area contributed by atoms with Gasteiger partial charge in [0.2, 0.25) is 11.7 Å². The number of carbonyl (C=O) groups is 3. The van der Waals surface area contributed by atoms with Crippen molar-refractivity contribution in [2.45, 2.75) is 50.5 Å². The molecule has 1 atom stereocenters. The van der Waals surface area contributed by atoms with Crippen LogP contribution in [0.25, 0.3) is 0 Å². The molecule has 2 aromatic rings. The first-order valence-corrected chi connectivity index (χ1v) is 12.5. The molecule has 2 heterocycles. The summed E-state index contributed by atoms with van der Waals surface area (Å²) in [5.74, 6) is -0.929. The minimum Gasteiger partial charge on any atom is -0.451 e. The number of fused-ring (bicyclic) bond motifs is 3. The molecule has 2 aliphatic heterocycles. The maximum atomic E-state index is 12.8. The van der Waals surface area contributed by atoms with Crippen LogP contribution in [0.15, 0.2) is 51.8 Å². The minimum absolute atomic E-state index is 0.0245. The van der Waals surface area contributed by atoms with E-state index in [0.717, 1.165) is 19.3 Å². The number of Topliss-reactive ketones (excluding diaryl/α,β-unsaturated/α-hetero) is 1. The standard InChI is InChI=1S/C24H25N3O6S/c1-15(23(29)17-7-10-19(11-8-17)25-16(2)28)33-24(30)18-9-12-20-21(14-18)34(31,32)26-22-6-4-3-5-13-27(20)22/h7-12,14-15H,3-6,13H2,1-2H3,(H,25,28)/t15-/m1/s1. The number of ketones is 1. The highest BCUT2D eigenvalue weighted by molar-refractivity contribution is 7.90. The van der Waals surface area contributed by atoms with Gasteiger partial charge in [0.25, 0.3) is 10.0 Å². The van der Waals surface area contributed by atoms with E-state index < -0.39 is 27.9 Å². The fourth-order valence-electron chi connectivity index (χ4n) is 4.04. The number of carbonyl (C=O) groups excluding carboxylic acids is 3. The van der Waals surface area contributed by atoms with Crippen LogP contribution in [0.3, 0.4) is 0 Å². The average Bonchev–Trinajstić information content (AvgIpc) is 3.03. The highest BCUT2D eigenvalue weighted by Crippen LogP contribution is 2.35. The normalized spacial score (nSPS) is 17.4. The van der Waals surface area contributed by atoms with Crippen molar-refractivity contribution in [3.05, 3.63) is 53.6 Å². The Balaban J connectivity index is 1.51. The molecule has 0 bridgehead atoms. The van der Waals surface area contributed by atoms with Gasteiger partial charge in [0.1, 0.15) is 10.7 Å². The molecule has 0 unspecified atom stereocenters. The fraction of sp³-hybridized carbons (Fsp3) is 0.333. The molecule has 0 radical (unpaired) electrons. The fourth-order valence-corrected chi connectivity index (χ4v) is 5.33. The van der Waals surface area contributed by atoms with Crippen molar-refractivity contribution < 1.29 is 27.5 Å². The Labute approximate surface area is 197 Å². The molecule has 0 aliphatic carbocycles. The van der Waals surface area contributed by atoms with E-state index in [1.807, 2.05) is 4.90 Å². The van der Waals surface area contributed by atoms with E-state index in [2.05, 4.69) is 9.71 Å². The molecule has 0 aromatic heterocycles. The topological polar surface area (TPSA) is 122 Å². The quantitative estimate of drug-likeness (QED) is 0.510. The van der Waals surface area contributed by atoms with Crippen molar-refractivity contribution in [2.75, 3.05) is 16.8 Å². The summed E-state index contributed by atoms with van der Waals surface area (Å²) in [5, 5.41) is 2.61. The van der Waals surface area contributed by atoms with E-state index in [4.69, 9.17) is 4.74 Å². The molecular formula is C24H25N3O6S. The molecule has 1 fully saturated rings. The van der Waals surface area contributed by atoms with Crippen LogP contribution in [-0.4, -0.2) is 44.6 Å². The lowest BCUT2D eigenvalue weighted by atomic mass is 10.1. The summed E-state index contributed by atoms with van der Waals surface area (Å²) in [6.45, 7) is 3.49. The Bertz CT molecular complexity index is 1280. The first kappa shape index (κ1) is 23.6. The van der Waals surface area contributed by atoms with Crippen LogP contribution in [0.1, 0.15) is 60.2 Å². The van der Waals surface area contributed by atoms with Gasteiger partial charge in [-0.25, -0.2) is 4.79 Å². The molecule has 1 saturated heterocycles. The number of benzene rings is 2. The average molecular weight is 484 g/mol. The first-order chi connectivity index (χ1) is 16.2. The van der Waals surface area contributed by atoms with Crippen LogP contribution in [0, 0.1) is 0 Å². The second-order valence-corrected chi connectivity index (χ2v) is 9.87. The second kappa shape index (κ2) is 9.38. The molecule has 10 heteroatoms. The van der Waals surface area contributed by atoms with Crippen molar-refractivity contribution in [2.24, 2.45) is 4.40 Å². The van der Waals surface area contributed by atoms with Crippen LogP contribution >= 0.6 is 0 Å². The maximum Gasteiger partial charge on any atom is 0.338 e. The SMILES string of the molecule is CC(=O)Nc1ccc(C(=O)[C@@H](C)OC(=O)c2ccc3c(c2)S(=O)(=O)N=C2CCCCCN23)cc1. The second-order valence-electron chi connectivity index (χ2n) is 8.30. The van der Waals surface area contributed by atoms with Gasteiger partial charge in [-0.2, -0.15) is 8.42 Å². The zero-order chi connectivity index (χ0) is 24.5. The van der Waals surface area contributed by atoms with E-state index in [0.29, 0.717) is 35.7 Å². The predicted molar refractivity (Wildman–Crippen MR) is 127 cm³/mol.